The molecule has 0 aliphatic rings. The van der Waals surface area contributed by atoms with Gasteiger partial charge in [0.2, 0.25) is 10.0 Å². The van der Waals surface area contributed by atoms with Crippen molar-refractivity contribution in [1.82, 2.24) is 5.32 Å². The van der Waals surface area contributed by atoms with E-state index in [1.807, 2.05) is 6.92 Å². The lowest BCUT2D eigenvalue weighted by molar-refractivity contribution is 0.395. The van der Waals surface area contributed by atoms with Crippen LogP contribution < -0.4 is 19.5 Å². The van der Waals surface area contributed by atoms with Crippen molar-refractivity contribution in [1.29, 1.82) is 0 Å². The SMILES string of the molecule is CCNCCCS(=O)(=O)Nc1cc(OC)cc(OC)c1. The van der Waals surface area contributed by atoms with Crippen LogP contribution in [-0.2, 0) is 10.0 Å². The van der Waals surface area contributed by atoms with E-state index in [-0.39, 0.29) is 5.75 Å². The Hall–Kier alpha value is -1.47. The number of anilines is 1. The van der Waals surface area contributed by atoms with Crippen molar-refractivity contribution in [3.63, 3.8) is 0 Å². The predicted molar refractivity (Wildman–Crippen MR) is 80.1 cm³/mol. The van der Waals surface area contributed by atoms with Crippen LogP contribution in [0.2, 0.25) is 0 Å². The van der Waals surface area contributed by atoms with Gasteiger partial charge in [0.05, 0.1) is 25.7 Å². The number of rotatable bonds is 9. The number of methoxy groups -OCH3 is 2. The van der Waals surface area contributed by atoms with E-state index < -0.39 is 10.0 Å². The molecule has 0 amide bonds. The molecule has 2 N–H and O–H groups in total. The lowest BCUT2D eigenvalue weighted by atomic mass is 10.3. The summed E-state index contributed by atoms with van der Waals surface area (Å²) in [6, 6.07) is 4.91. The number of ether oxygens (including phenoxy) is 2. The molecule has 0 fully saturated rings. The summed E-state index contributed by atoms with van der Waals surface area (Å²) in [4.78, 5) is 0. The normalized spacial score (nSPS) is 11.2. The molecule has 0 spiro atoms. The average molecular weight is 302 g/mol. The molecule has 7 heteroatoms. The zero-order valence-corrected chi connectivity index (χ0v) is 12.9. The Labute approximate surface area is 120 Å². The molecule has 0 saturated carbocycles. The first-order chi connectivity index (χ1) is 9.50. The van der Waals surface area contributed by atoms with Gasteiger partial charge in [-0.05, 0) is 19.5 Å². The molecule has 0 radical (unpaired) electrons. The maximum Gasteiger partial charge on any atom is 0.232 e. The van der Waals surface area contributed by atoms with Crippen molar-refractivity contribution in [2.75, 3.05) is 37.8 Å². The molecule has 1 aromatic rings. The third-order valence-corrected chi connectivity index (χ3v) is 4.01. The molecule has 0 saturated heterocycles. The summed E-state index contributed by atoms with van der Waals surface area (Å²) in [6.07, 6.45) is 0.560. The first kappa shape index (κ1) is 16.6. The number of hydrogen-bond acceptors (Lipinski definition) is 5. The van der Waals surface area contributed by atoms with E-state index in [9.17, 15) is 8.42 Å². The zero-order chi connectivity index (χ0) is 15.0. The van der Waals surface area contributed by atoms with Gasteiger partial charge >= 0.3 is 0 Å². The van der Waals surface area contributed by atoms with Crippen molar-refractivity contribution in [3.05, 3.63) is 18.2 Å². The highest BCUT2D eigenvalue weighted by Gasteiger charge is 2.11. The molecule has 0 aliphatic carbocycles. The summed E-state index contributed by atoms with van der Waals surface area (Å²) in [5.74, 6) is 1.14. The van der Waals surface area contributed by atoms with Gasteiger partial charge in [0.15, 0.2) is 0 Å². The van der Waals surface area contributed by atoms with E-state index in [4.69, 9.17) is 9.47 Å². The molecule has 20 heavy (non-hydrogen) atoms. The lowest BCUT2D eigenvalue weighted by Crippen LogP contribution is -2.21. The van der Waals surface area contributed by atoms with Crippen LogP contribution in [-0.4, -0.2) is 41.5 Å². The number of nitrogens with one attached hydrogen (secondary N) is 2. The highest BCUT2D eigenvalue weighted by atomic mass is 32.2. The molecule has 1 rings (SSSR count). The van der Waals surface area contributed by atoms with Crippen LogP contribution in [0.5, 0.6) is 11.5 Å². The minimum atomic E-state index is -3.37. The molecule has 0 bridgehead atoms. The van der Waals surface area contributed by atoms with Crippen LogP contribution in [0.4, 0.5) is 5.69 Å². The van der Waals surface area contributed by atoms with Gasteiger partial charge in [-0.3, -0.25) is 4.72 Å². The van der Waals surface area contributed by atoms with Crippen molar-refractivity contribution < 1.29 is 17.9 Å². The fourth-order valence-corrected chi connectivity index (χ4v) is 2.76. The van der Waals surface area contributed by atoms with Crippen molar-refractivity contribution in [3.8, 4) is 11.5 Å². The summed E-state index contributed by atoms with van der Waals surface area (Å²) in [5, 5.41) is 3.09. The summed E-state index contributed by atoms with van der Waals surface area (Å²) in [5.41, 5.74) is 0.435. The minimum absolute atomic E-state index is 0.0690. The summed E-state index contributed by atoms with van der Waals surface area (Å²) < 4.78 is 36.6. The maximum atomic E-state index is 11.9. The third kappa shape index (κ3) is 5.66. The largest absolute Gasteiger partial charge is 0.497 e. The van der Waals surface area contributed by atoms with Crippen LogP contribution in [0.15, 0.2) is 18.2 Å². The van der Waals surface area contributed by atoms with Crippen LogP contribution in [0, 0.1) is 0 Å². The Balaban J connectivity index is 2.71. The number of benzene rings is 1. The quantitative estimate of drug-likeness (QED) is 0.675. The molecular weight excluding hydrogens is 280 g/mol. The van der Waals surface area contributed by atoms with E-state index in [1.165, 1.54) is 14.2 Å². The van der Waals surface area contributed by atoms with Gasteiger partial charge in [-0.15, -0.1) is 0 Å². The first-order valence-electron chi connectivity index (χ1n) is 6.45. The molecule has 114 valence electrons. The Morgan fingerprint density at radius 2 is 1.70 bits per heavy atom. The molecule has 0 heterocycles. The fourth-order valence-electron chi connectivity index (χ4n) is 1.66. The topological polar surface area (TPSA) is 76.7 Å². The second kappa shape index (κ2) is 7.96. The second-order valence-corrected chi connectivity index (χ2v) is 6.07. The Kier molecular flexibility index (Phi) is 6.60. The van der Waals surface area contributed by atoms with E-state index in [1.54, 1.807) is 18.2 Å². The van der Waals surface area contributed by atoms with Crippen molar-refractivity contribution in [2.24, 2.45) is 0 Å². The van der Waals surface area contributed by atoms with Crippen LogP contribution >= 0.6 is 0 Å². The Bertz CT molecular complexity index is 495. The molecular formula is C13H22N2O4S. The highest BCUT2D eigenvalue weighted by Crippen LogP contribution is 2.26. The summed E-state index contributed by atoms with van der Waals surface area (Å²) in [6.45, 7) is 3.49. The lowest BCUT2D eigenvalue weighted by Gasteiger charge is -2.11. The van der Waals surface area contributed by atoms with Crippen LogP contribution in [0.25, 0.3) is 0 Å². The van der Waals surface area contributed by atoms with E-state index in [0.717, 1.165) is 6.54 Å². The van der Waals surface area contributed by atoms with Gasteiger partial charge in [-0.25, -0.2) is 8.42 Å². The number of hydrogen-bond donors (Lipinski definition) is 2. The van der Waals surface area contributed by atoms with Crippen LogP contribution in [0.1, 0.15) is 13.3 Å². The van der Waals surface area contributed by atoms with Crippen molar-refractivity contribution >= 4 is 15.7 Å². The standard InChI is InChI=1S/C13H22N2O4S/c1-4-14-6-5-7-20(16,17)15-11-8-12(18-2)10-13(9-11)19-3/h8-10,14-15H,4-7H2,1-3H3. The predicted octanol–water partition coefficient (Wildman–Crippen LogP) is 1.45. The van der Waals surface area contributed by atoms with Gasteiger partial charge < -0.3 is 14.8 Å². The highest BCUT2D eigenvalue weighted by molar-refractivity contribution is 7.92. The van der Waals surface area contributed by atoms with Gasteiger partial charge in [-0.2, -0.15) is 0 Å². The van der Waals surface area contributed by atoms with E-state index in [0.29, 0.717) is 30.2 Å². The second-order valence-electron chi connectivity index (χ2n) is 4.23. The minimum Gasteiger partial charge on any atom is -0.497 e. The third-order valence-electron chi connectivity index (χ3n) is 2.64. The van der Waals surface area contributed by atoms with Gasteiger partial charge in [0, 0.05) is 18.2 Å². The smallest absolute Gasteiger partial charge is 0.232 e. The van der Waals surface area contributed by atoms with Gasteiger partial charge in [-0.1, -0.05) is 6.92 Å². The zero-order valence-electron chi connectivity index (χ0n) is 12.1. The Morgan fingerprint density at radius 1 is 1.10 bits per heavy atom. The van der Waals surface area contributed by atoms with Gasteiger partial charge in [0.1, 0.15) is 11.5 Å². The van der Waals surface area contributed by atoms with E-state index >= 15 is 0 Å². The molecule has 0 aliphatic heterocycles. The molecule has 6 nitrogen and oxygen atoms in total. The number of sulfonamides is 1. The summed E-state index contributed by atoms with van der Waals surface area (Å²) >= 11 is 0. The van der Waals surface area contributed by atoms with Gasteiger partial charge in [0.25, 0.3) is 0 Å². The van der Waals surface area contributed by atoms with Crippen molar-refractivity contribution in [2.45, 2.75) is 13.3 Å². The Morgan fingerprint density at radius 3 is 2.20 bits per heavy atom. The molecule has 1 aromatic carbocycles. The molecule has 0 aromatic heterocycles. The maximum absolute atomic E-state index is 11.9. The monoisotopic (exact) mass is 302 g/mol. The van der Waals surface area contributed by atoms with E-state index in [2.05, 4.69) is 10.0 Å². The fraction of sp³-hybridized carbons (Fsp3) is 0.538. The summed E-state index contributed by atoms with van der Waals surface area (Å²) in [7, 11) is -0.331. The molecule has 0 atom stereocenters. The molecule has 0 unspecified atom stereocenters. The average Bonchev–Trinajstić information content (AvgIpc) is 2.42. The first-order valence-corrected chi connectivity index (χ1v) is 8.10. The van der Waals surface area contributed by atoms with Crippen LogP contribution in [0.3, 0.4) is 0 Å².